The first-order valence-corrected chi connectivity index (χ1v) is 11.4. The van der Waals surface area contributed by atoms with Gasteiger partial charge < -0.3 is 0 Å². The van der Waals surface area contributed by atoms with E-state index in [0.29, 0.717) is 0 Å². The zero-order valence-electron chi connectivity index (χ0n) is 17.1. The lowest BCUT2D eigenvalue weighted by Gasteiger charge is -2.30. The summed E-state index contributed by atoms with van der Waals surface area (Å²) in [6.07, 6.45) is 10.8. The Labute approximate surface area is 165 Å². The van der Waals surface area contributed by atoms with E-state index in [1.807, 2.05) is 0 Å². The predicted octanol–water partition coefficient (Wildman–Crippen LogP) is 7.68. The Kier molecular flexibility index (Phi) is 12.5. The van der Waals surface area contributed by atoms with Crippen molar-refractivity contribution in [3.63, 3.8) is 0 Å². The predicted molar refractivity (Wildman–Crippen MR) is 116 cm³/mol. The smallest absolute Gasteiger partial charge is 0.0233 e. The van der Waals surface area contributed by atoms with Crippen LogP contribution in [0.3, 0.4) is 0 Å². The molecule has 0 fully saturated rings. The zero-order chi connectivity index (χ0) is 18.5. The van der Waals surface area contributed by atoms with Crippen LogP contribution in [0, 0.1) is 11.8 Å². The highest BCUT2D eigenvalue weighted by Crippen LogP contribution is 2.21. The third-order valence-electron chi connectivity index (χ3n) is 5.44. The normalized spacial score (nSPS) is 14.0. The number of unbranched alkanes of at least 4 members (excludes halogenated alkanes) is 2. The molecule has 0 saturated carbocycles. The van der Waals surface area contributed by atoms with Crippen molar-refractivity contribution in [2.24, 2.45) is 11.8 Å². The highest BCUT2D eigenvalue weighted by molar-refractivity contribution is 9.10. The van der Waals surface area contributed by atoms with Gasteiger partial charge in [0.05, 0.1) is 0 Å². The molecule has 1 aromatic rings. The van der Waals surface area contributed by atoms with Crippen molar-refractivity contribution >= 4 is 15.9 Å². The number of hydrogen-bond donors (Lipinski definition) is 0. The average Bonchev–Trinajstić information content (AvgIpc) is 2.63. The fourth-order valence-electron chi connectivity index (χ4n) is 3.62. The Balaban J connectivity index is 2.74. The van der Waals surface area contributed by atoms with Crippen LogP contribution in [-0.4, -0.2) is 18.0 Å². The highest BCUT2D eigenvalue weighted by atomic mass is 79.9. The van der Waals surface area contributed by atoms with Crippen LogP contribution in [0.2, 0.25) is 0 Å². The number of rotatable bonds is 14. The summed E-state index contributed by atoms with van der Waals surface area (Å²) < 4.78 is 1.17. The van der Waals surface area contributed by atoms with Gasteiger partial charge in [0.15, 0.2) is 0 Å². The van der Waals surface area contributed by atoms with Crippen LogP contribution in [0.4, 0.5) is 0 Å². The molecule has 0 aliphatic carbocycles. The number of nitrogens with zero attached hydrogens (tertiary/aromatic N) is 1. The van der Waals surface area contributed by atoms with Gasteiger partial charge in [0.25, 0.3) is 0 Å². The molecule has 144 valence electrons. The third kappa shape index (κ3) is 9.80. The summed E-state index contributed by atoms with van der Waals surface area (Å²) >= 11 is 3.56. The van der Waals surface area contributed by atoms with E-state index in [4.69, 9.17) is 0 Å². The summed E-state index contributed by atoms with van der Waals surface area (Å²) in [5.41, 5.74) is 1.44. The van der Waals surface area contributed by atoms with Crippen molar-refractivity contribution in [1.82, 2.24) is 4.90 Å². The van der Waals surface area contributed by atoms with E-state index in [9.17, 15) is 0 Å². The number of hydrogen-bond acceptors (Lipinski definition) is 1. The second kappa shape index (κ2) is 13.8. The molecular weight excluding hydrogens is 370 g/mol. The lowest BCUT2D eigenvalue weighted by molar-refractivity contribution is 0.174. The van der Waals surface area contributed by atoms with Gasteiger partial charge in [-0.1, -0.05) is 94.3 Å². The first-order valence-electron chi connectivity index (χ1n) is 10.6. The molecule has 0 aliphatic rings. The first kappa shape index (κ1) is 22.7. The third-order valence-corrected chi connectivity index (χ3v) is 5.97. The molecular formula is C23H40BrN. The van der Waals surface area contributed by atoms with Gasteiger partial charge in [0.1, 0.15) is 0 Å². The van der Waals surface area contributed by atoms with Gasteiger partial charge in [0.2, 0.25) is 0 Å². The van der Waals surface area contributed by atoms with Crippen molar-refractivity contribution in [3.05, 3.63) is 34.3 Å². The lowest BCUT2D eigenvalue weighted by Crippen LogP contribution is -2.33. The molecule has 25 heavy (non-hydrogen) atoms. The molecule has 2 atom stereocenters. The van der Waals surface area contributed by atoms with E-state index < -0.39 is 0 Å². The van der Waals surface area contributed by atoms with Crippen LogP contribution in [0.15, 0.2) is 28.7 Å². The minimum Gasteiger partial charge on any atom is -0.299 e. The van der Waals surface area contributed by atoms with Gasteiger partial charge in [-0.2, -0.15) is 0 Å². The fourth-order valence-corrected chi connectivity index (χ4v) is 3.88. The van der Waals surface area contributed by atoms with Crippen molar-refractivity contribution in [2.75, 3.05) is 13.1 Å². The van der Waals surface area contributed by atoms with Crippen LogP contribution in [0.5, 0.6) is 0 Å². The molecule has 0 aliphatic heterocycles. The average molecular weight is 410 g/mol. The Morgan fingerprint density at radius 1 is 0.800 bits per heavy atom. The molecule has 0 radical (unpaired) electrons. The summed E-state index contributed by atoms with van der Waals surface area (Å²) in [6, 6.07) is 8.90. The summed E-state index contributed by atoms with van der Waals surface area (Å²) in [5.74, 6) is 1.69. The second-order valence-electron chi connectivity index (χ2n) is 7.65. The van der Waals surface area contributed by atoms with Gasteiger partial charge in [0, 0.05) is 24.1 Å². The molecule has 1 nitrogen and oxygen atoms in total. The Morgan fingerprint density at radius 2 is 1.28 bits per heavy atom. The van der Waals surface area contributed by atoms with Crippen LogP contribution in [0.1, 0.15) is 84.6 Å². The van der Waals surface area contributed by atoms with Crippen LogP contribution in [0.25, 0.3) is 0 Å². The van der Waals surface area contributed by atoms with Gasteiger partial charge in [-0.05, 0) is 42.4 Å². The minimum absolute atomic E-state index is 0.846. The molecule has 2 unspecified atom stereocenters. The van der Waals surface area contributed by atoms with E-state index in [0.717, 1.165) is 18.4 Å². The van der Waals surface area contributed by atoms with Crippen LogP contribution >= 0.6 is 15.9 Å². The topological polar surface area (TPSA) is 3.24 Å². The maximum absolute atomic E-state index is 3.56. The Bertz CT molecular complexity index is 410. The first-order chi connectivity index (χ1) is 12.1. The molecule has 1 aromatic carbocycles. The number of benzene rings is 1. The molecule has 2 heteroatoms. The van der Waals surface area contributed by atoms with Gasteiger partial charge in [-0.3, -0.25) is 4.90 Å². The fraction of sp³-hybridized carbons (Fsp3) is 0.739. The standard InChI is InChI=1S/C23H40BrN/c1-5-9-11-20(7-3)17-25(18-21(8-4)12-10-6-2)19-22-13-15-23(24)16-14-22/h13-16,20-21H,5-12,17-19H2,1-4H3. The lowest BCUT2D eigenvalue weighted by atomic mass is 9.95. The summed E-state index contributed by atoms with van der Waals surface area (Å²) in [7, 11) is 0. The largest absolute Gasteiger partial charge is 0.299 e. The quantitative estimate of drug-likeness (QED) is 0.304. The molecule has 0 heterocycles. The van der Waals surface area contributed by atoms with Crippen molar-refractivity contribution < 1.29 is 0 Å². The SMILES string of the molecule is CCCCC(CC)CN(Cc1ccc(Br)cc1)CC(CC)CCCC. The summed E-state index contributed by atoms with van der Waals surface area (Å²) in [4.78, 5) is 2.75. The second-order valence-corrected chi connectivity index (χ2v) is 8.57. The molecule has 1 rings (SSSR count). The highest BCUT2D eigenvalue weighted by Gasteiger charge is 2.17. The van der Waals surface area contributed by atoms with E-state index >= 15 is 0 Å². The maximum atomic E-state index is 3.56. The molecule has 0 N–H and O–H groups in total. The van der Waals surface area contributed by atoms with Crippen molar-refractivity contribution in [2.45, 2.75) is 85.6 Å². The van der Waals surface area contributed by atoms with E-state index in [1.54, 1.807) is 0 Å². The number of halogens is 1. The van der Waals surface area contributed by atoms with Crippen molar-refractivity contribution in [3.8, 4) is 0 Å². The monoisotopic (exact) mass is 409 g/mol. The van der Waals surface area contributed by atoms with E-state index in [-0.39, 0.29) is 0 Å². The maximum Gasteiger partial charge on any atom is 0.0233 e. The molecule has 0 saturated heterocycles. The van der Waals surface area contributed by atoms with E-state index in [1.165, 1.54) is 74.5 Å². The van der Waals surface area contributed by atoms with Crippen LogP contribution in [-0.2, 0) is 6.54 Å². The minimum atomic E-state index is 0.846. The Hall–Kier alpha value is -0.340. The Morgan fingerprint density at radius 3 is 1.68 bits per heavy atom. The van der Waals surface area contributed by atoms with Crippen LogP contribution < -0.4 is 0 Å². The van der Waals surface area contributed by atoms with E-state index in [2.05, 4.69) is 72.8 Å². The van der Waals surface area contributed by atoms with Gasteiger partial charge in [-0.15, -0.1) is 0 Å². The van der Waals surface area contributed by atoms with Crippen molar-refractivity contribution in [1.29, 1.82) is 0 Å². The zero-order valence-corrected chi connectivity index (χ0v) is 18.7. The summed E-state index contributed by atoms with van der Waals surface area (Å²) in [6.45, 7) is 13.0. The molecule has 0 aromatic heterocycles. The molecule has 0 bridgehead atoms. The molecule has 0 spiro atoms. The summed E-state index contributed by atoms with van der Waals surface area (Å²) in [5, 5.41) is 0. The molecule has 0 amide bonds. The van der Waals surface area contributed by atoms with Gasteiger partial charge in [-0.25, -0.2) is 0 Å². The van der Waals surface area contributed by atoms with Gasteiger partial charge >= 0.3 is 0 Å².